The van der Waals surface area contributed by atoms with Crippen LogP contribution in [-0.4, -0.2) is 6.21 Å². The molecular formula is C5H6BrN. The van der Waals surface area contributed by atoms with Gasteiger partial charge in [0, 0.05) is 12.4 Å². The first-order valence-corrected chi connectivity index (χ1v) is 2.73. The van der Waals surface area contributed by atoms with E-state index in [9.17, 15) is 0 Å². The Balaban J connectivity index is 3.27. The van der Waals surface area contributed by atoms with Gasteiger partial charge >= 0.3 is 0 Å². The molecule has 7 heavy (non-hydrogen) atoms. The molecule has 1 nitrogen and oxygen atoms in total. The summed E-state index contributed by atoms with van der Waals surface area (Å²) in [4.78, 5) is 5.41. The van der Waals surface area contributed by atoms with E-state index in [1.165, 1.54) is 0 Å². The summed E-state index contributed by atoms with van der Waals surface area (Å²) in [5.41, 5.74) is 0. The summed E-state index contributed by atoms with van der Waals surface area (Å²) in [7, 11) is 0. The van der Waals surface area contributed by atoms with Crippen molar-refractivity contribution in [2.24, 2.45) is 4.99 Å². The summed E-state index contributed by atoms with van der Waals surface area (Å²) in [6.45, 7) is 3.43. The van der Waals surface area contributed by atoms with Gasteiger partial charge in [0.15, 0.2) is 0 Å². The van der Waals surface area contributed by atoms with Gasteiger partial charge in [0.05, 0.1) is 0 Å². The molecule has 0 heterocycles. The van der Waals surface area contributed by atoms with Crippen molar-refractivity contribution in [3.63, 3.8) is 0 Å². The van der Waals surface area contributed by atoms with Gasteiger partial charge in [0.1, 0.15) is 0 Å². The molecule has 0 atom stereocenters. The van der Waals surface area contributed by atoms with Crippen molar-refractivity contribution >= 4 is 22.1 Å². The van der Waals surface area contributed by atoms with Crippen molar-refractivity contribution in [2.75, 3.05) is 0 Å². The predicted molar refractivity (Wildman–Crippen MR) is 36.8 cm³/mol. The van der Waals surface area contributed by atoms with Gasteiger partial charge in [-0.3, -0.25) is 4.99 Å². The molecule has 0 aliphatic carbocycles. The molecule has 0 unspecified atom stereocenters. The largest absolute Gasteiger partial charge is 0.264 e. The number of allylic oxidation sites excluding steroid dienone is 1. The number of nitrogens with zero attached hydrogens (tertiary/aromatic N) is 1. The fourth-order valence-electron chi connectivity index (χ4n) is 0.143. The molecule has 0 saturated heterocycles. The van der Waals surface area contributed by atoms with Crippen molar-refractivity contribution in [3.8, 4) is 0 Å². The normalized spacial score (nSPS) is 11.0. The number of hydrogen-bond donors (Lipinski definition) is 0. The topological polar surface area (TPSA) is 12.4 Å². The van der Waals surface area contributed by atoms with Crippen LogP contribution in [0.5, 0.6) is 0 Å². The maximum atomic E-state index is 3.74. The lowest BCUT2D eigenvalue weighted by atomic mass is 10.7. The molecule has 0 rings (SSSR count). The van der Waals surface area contributed by atoms with Gasteiger partial charge in [-0.05, 0) is 4.99 Å². The van der Waals surface area contributed by atoms with Gasteiger partial charge in [-0.15, -0.1) is 0 Å². The van der Waals surface area contributed by atoms with Crippen molar-refractivity contribution < 1.29 is 0 Å². The Morgan fingerprint density at radius 2 is 2.29 bits per heavy atom. The second-order valence-corrected chi connectivity index (χ2v) is 1.34. The van der Waals surface area contributed by atoms with Crippen LogP contribution in [0.15, 0.2) is 28.8 Å². The fourth-order valence-corrected chi connectivity index (χ4v) is 0.280. The van der Waals surface area contributed by atoms with Crippen LogP contribution in [0, 0.1) is 0 Å². The zero-order valence-electron chi connectivity index (χ0n) is 3.84. The summed E-state index contributed by atoms with van der Waals surface area (Å²) >= 11 is 3.05. The third-order valence-corrected chi connectivity index (χ3v) is 0.570. The Morgan fingerprint density at radius 1 is 1.57 bits per heavy atom. The number of halogens is 1. The standard InChI is InChI=1S/C5H6BrN/c1-2-4-7-5-3-6/h2-5H,1H2/b5-3+,7-4?. The molecule has 0 fully saturated rings. The van der Waals surface area contributed by atoms with E-state index >= 15 is 0 Å². The van der Waals surface area contributed by atoms with Crippen molar-refractivity contribution in [3.05, 3.63) is 23.8 Å². The average molecular weight is 160 g/mol. The molecule has 38 valence electrons. The highest BCUT2D eigenvalue weighted by molar-refractivity contribution is 9.11. The number of hydrogen-bond acceptors (Lipinski definition) is 1. The van der Waals surface area contributed by atoms with E-state index in [0.717, 1.165) is 0 Å². The molecule has 0 spiro atoms. The summed E-state index contributed by atoms with van der Waals surface area (Å²) < 4.78 is 0. The van der Waals surface area contributed by atoms with Gasteiger partial charge in [0.25, 0.3) is 0 Å². The predicted octanol–water partition coefficient (Wildman–Crippen LogP) is 2.11. The van der Waals surface area contributed by atoms with Crippen LogP contribution in [-0.2, 0) is 0 Å². The van der Waals surface area contributed by atoms with Gasteiger partial charge in [-0.25, -0.2) is 0 Å². The zero-order valence-corrected chi connectivity index (χ0v) is 5.43. The summed E-state index contributed by atoms with van der Waals surface area (Å²) in [6.07, 6.45) is 4.85. The number of rotatable bonds is 2. The minimum atomic E-state index is 1.61. The van der Waals surface area contributed by atoms with Crippen molar-refractivity contribution in [1.29, 1.82) is 0 Å². The molecule has 0 saturated carbocycles. The first-order chi connectivity index (χ1) is 3.41. The monoisotopic (exact) mass is 159 g/mol. The molecule has 2 heteroatoms. The van der Waals surface area contributed by atoms with Gasteiger partial charge in [-0.1, -0.05) is 28.6 Å². The highest BCUT2D eigenvalue weighted by atomic mass is 79.9. The van der Waals surface area contributed by atoms with Gasteiger partial charge in [0.2, 0.25) is 0 Å². The molecule has 0 aromatic heterocycles. The van der Waals surface area contributed by atoms with E-state index in [2.05, 4.69) is 27.5 Å². The molecule has 0 amide bonds. The third-order valence-electron chi connectivity index (χ3n) is 0.334. The average Bonchev–Trinajstić information content (AvgIpc) is 1.69. The lowest BCUT2D eigenvalue weighted by Gasteiger charge is -1.65. The van der Waals surface area contributed by atoms with Crippen LogP contribution in [0.4, 0.5) is 0 Å². The Labute approximate surface area is 51.6 Å². The van der Waals surface area contributed by atoms with E-state index in [1.54, 1.807) is 23.5 Å². The molecule has 0 radical (unpaired) electrons. The van der Waals surface area contributed by atoms with Crippen LogP contribution in [0.1, 0.15) is 0 Å². The van der Waals surface area contributed by atoms with Crippen LogP contribution in [0.2, 0.25) is 0 Å². The van der Waals surface area contributed by atoms with E-state index in [4.69, 9.17) is 0 Å². The van der Waals surface area contributed by atoms with Crippen LogP contribution < -0.4 is 0 Å². The number of aliphatic imine (C=N–C) groups is 1. The summed E-state index contributed by atoms with van der Waals surface area (Å²) in [5.74, 6) is 0. The van der Waals surface area contributed by atoms with Crippen molar-refractivity contribution in [1.82, 2.24) is 0 Å². The highest BCUT2D eigenvalue weighted by Gasteiger charge is 1.53. The minimum Gasteiger partial charge on any atom is -0.264 e. The van der Waals surface area contributed by atoms with E-state index < -0.39 is 0 Å². The SMILES string of the molecule is C=CC=N/C=C/Br. The van der Waals surface area contributed by atoms with Crippen molar-refractivity contribution in [2.45, 2.75) is 0 Å². The Morgan fingerprint density at radius 3 is 2.71 bits per heavy atom. The first-order valence-electron chi connectivity index (χ1n) is 1.81. The zero-order chi connectivity index (χ0) is 5.54. The lowest BCUT2D eigenvalue weighted by Crippen LogP contribution is -1.53. The maximum Gasteiger partial charge on any atom is 0.0337 e. The molecular weight excluding hydrogens is 154 g/mol. The van der Waals surface area contributed by atoms with Gasteiger partial charge < -0.3 is 0 Å². The molecule has 0 aromatic carbocycles. The third kappa shape index (κ3) is 5.63. The highest BCUT2D eigenvalue weighted by Crippen LogP contribution is 1.80. The summed E-state index contributed by atoms with van der Waals surface area (Å²) in [5, 5.41) is 0. The van der Waals surface area contributed by atoms with E-state index in [-0.39, 0.29) is 0 Å². The molecule has 0 aliphatic heterocycles. The maximum absolute atomic E-state index is 3.74. The Hall–Kier alpha value is -0.370. The van der Waals surface area contributed by atoms with E-state index in [1.807, 2.05) is 0 Å². The minimum absolute atomic E-state index is 1.61. The second kappa shape index (κ2) is 5.63. The Kier molecular flexibility index (Phi) is 5.33. The fraction of sp³-hybridized carbons (Fsp3) is 0. The molecule has 0 aliphatic rings. The first kappa shape index (κ1) is 6.63. The lowest BCUT2D eigenvalue weighted by molar-refractivity contribution is 1.62. The van der Waals surface area contributed by atoms with Crippen LogP contribution >= 0.6 is 15.9 Å². The quantitative estimate of drug-likeness (QED) is 0.548. The molecule has 0 N–H and O–H groups in total. The Bertz CT molecular complexity index is 94.3. The van der Waals surface area contributed by atoms with Gasteiger partial charge in [-0.2, -0.15) is 0 Å². The molecule has 0 bridgehead atoms. The smallest absolute Gasteiger partial charge is 0.0337 e. The van der Waals surface area contributed by atoms with Crippen LogP contribution in [0.3, 0.4) is 0 Å². The summed E-state index contributed by atoms with van der Waals surface area (Å²) in [6, 6.07) is 0. The molecule has 0 aromatic rings. The van der Waals surface area contributed by atoms with E-state index in [0.29, 0.717) is 0 Å². The second-order valence-electron chi connectivity index (χ2n) is 0.809. The van der Waals surface area contributed by atoms with Crippen LogP contribution in [0.25, 0.3) is 0 Å².